The average molecular weight is 562 g/mol. The molecule has 12 heteroatoms. The van der Waals surface area contributed by atoms with E-state index in [0.29, 0.717) is 12.5 Å². The lowest BCUT2D eigenvalue weighted by Crippen LogP contribution is -2.39. The second-order valence-corrected chi connectivity index (χ2v) is 12.9. The zero-order chi connectivity index (χ0) is 28.0. The van der Waals surface area contributed by atoms with Crippen LogP contribution in [0.4, 0.5) is 4.39 Å². The molecule has 1 fully saturated rings. The number of rotatable bonds is 12. The first-order valence-corrected chi connectivity index (χ1v) is 13.9. The van der Waals surface area contributed by atoms with Crippen molar-refractivity contribution < 1.29 is 32.1 Å². The number of nitrogens with zero attached hydrogens (tertiary/aromatic N) is 1. The van der Waals surface area contributed by atoms with E-state index < -0.39 is 37.5 Å². The number of phosphoric ester groups is 1. The van der Waals surface area contributed by atoms with Gasteiger partial charge in [0.2, 0.25) is 0 Å². The van der Waals surface area contributed by atoms with Crippen LogP contribution in [0, 0.1) is 17.1 Å². The normalized spacial score (nSPS) is 15.3. The first kappa shape index (κ1) is 31.2. The molecule has 3 N–H and O–H groups in total. The minimum atomic E-state index is -3.99. The third-order valence-corrected chi connectivity index (χ3v) is 7.19. The van der Waals surface area contributed by atoms with Crippen molar-refractivity contribution in [2.45, 2.75) is 78.6 Å². The Labute approximate surface area is 223 Å². The number of nitrogens with one attached hydrogen (secondary N) is 1. The van der Waals surface area contributed by atoms with Crippen molar-refractivity contribution in [1.29, 1.82) is 5.41 Å². The van der Waals surface area contributed by atoms with Crippen LogP contribution >= 0.6 is 19.4 Å². The Balaban J connectivity index is 2.09. The molecule has 1 aliphatic rings. The smallest absolute Gasteiger partial charge is 0.467 e. The predicted molar refractivity (Wildman–Crippen MR) is 141 cm³/mol. The van der Waals surface area contributed by atoms with Crippen molar-refractivity contribution in [3.8, 4) is 5.75 Å². The zero-order valence-electron chi connectivity index (χ0n) is 22.3. The molecular weight excluding hydrogens is 524 g/mol. The maximum atomic E-state index is 15.0. The number of benzene rings is 1. The van der Waals surface area contributed by atoms with Gasteiger partial charge in [0.25, 0.3) is 5.91 Å². The van der Waals surface area contributed by atoms with Crippen LogP contribution in [0.3, 0.4) is 0 Å². The van der Waals surface area contributed by atoms with E-state index in [9.17, 15) is 13.8 Å². The first-order valence-electron chi connectivity index (χ1n) is 12.0. The molecule has 2 rings (SSSR count). The first-order chi connectivity index (χ1) is 17.0. The van der Waals surface area contributed by atoms with Crippen molar-refractivity contribution in [1.82, 2.24) is 4.90 Å². The van der Waals surface area contributed by atoms with Crippen molar-refractivity contribution >= 4 is 30.5 Å². The van der Waals surface area contributed by atoms with Gasteiger partial charge in [-0.3, -0.25) is 19.3 Å². The van der Waals surface area contributed by atoms with Gasteiger partial charge in [-0.15, -0.1) is 0 Å². The molecule has 1 aromatic rings. The van der Waals surface area contributed by atoms with Crippen LogP contribution < -0.4 is 10.5 Å². The molecule has 0 heterocycles. The standard InChI is InChI=1S/C25H38ClFN3O6P/c1-24(2,3)35-37(32,36-25(4,5)6)34-16-33-19-11-10-18(20(27)12-19)15-30(14-17-8-7-9-17)23(31)21(28)13-22(26)29/h10-13,17,29H,7-9,14-16,28H2,1-6H3/b21-13-,29-22?. The van der Waals surface area contributed by atoms with Crippen LogP contribution in [-0.4, -0.2) is 40.5 Å². The molecule has 0 bridgehead atoms. The molecule has 1 amide bonds. The third-order valence-electron chi connectivity index (χ3n) is 5.11. The second-order valence-electron chi connectivity index (χ2n) is 10.9. The van der Waals surface area contributed by atoms with Crippen LogP contribution in [0.5, 0.6) is 5.75 Å². The Bertz CT molecular complexity index is 1030. The lowest BCUT2D eigenvalue weighted by atomic mass is 9.85. The molecule has 0 aliphatic heterocycles. The molecule has 1 aromatic carbocycles. The lowest BCUT2D eigenvalue weighted by molar-refractivity contribution is -0.128. The van der Waals surface area contributed by atoms with Crippen molar-refractivity contribution in [3.05, 3.63) is 41.4 Å². The molecule has 0 spiro atoms. The zero-order valence-corrected chi connectivity index (χ0v) is 24.0. The van der Waals surface area contributed by atoms with Gasteiger partial charge in [0.05, 0.1) is 11.2 Å². The van der Waals surface area contributed by atoms with Crippen LogP contribution in [0.2, 0.25) is 0 Å². The summed E-state index contributed by atoms with van der Waals surface area (Å²) in [6, 6.07) is 4.16. The molecule has 1 saturated carbocycles. The summed E-state index contributed by atoms with van der Waals surface area (Å²) in [6.07, 6.45) is 4.11. The molecule has 0 radical (unpaired) electrons. The van der Waals surface area contributed by atoms with E-state index in [1.807, 2.05) is 0 Å². The van der Waals surface area contributed by atoms with Crippen LogP contribution in [0.1, 0.15) is 66.4 Å². The van der Waals surface area contributed by atoms with Gasteiger partial charge in [0.1, 0.15) is 22.4 Å². The highest BCUT2D eigenvalue weighted by molar-refractivity contribution is 7.48. The van der Waals surface area contributed by atoms with Gasteiger partial charge in [-0.1, -0.05) is 24.1 Å². The quantitative estimate of drug-likeness (QED) is 0.137. The van der Waals surface area contributed by atoms with Gasteiger partial charge in [0, 0.05) is 30.8 Å². The van der Waals surface area contributed by atoms with Crippen LogP contribution in [-0.2, 0) is 29.5 Å². The maximum Gasteiger partial charge on any atom is 0.478 e. The van der Waals surface area contributed by atoms with Gasteiger partial charge in [-0.2, -0.15) is 0 Å². The summed E-state index contributed by atoms with van der Waals surface area (Å²) in [6.45, 7) is 10.2. The van der Waals surface area contributed by atoms with E-state index in [1.54, 1.807) is 41.5 Å². The number of phosphoric acid groups is 1. The van der Waals surface area contributed by atoms with E-state index in [2.05, 4.69) is 0 Å². The molecule has 9 nitrogen and oxygen atoms in total. The minimum absolute atomic E-state index is 0.0177. The Morgan fingerprint density at radius 2 is 1.81 bits per heavy atom. The molecule has 37 heavy (non-hydrogen) atoms. The third kappa shape index (κ3) is 11.1. The van der Waals surface area contributed by atoms with Crippen LogP contribution in [0.25, 0.3) is 0 Å². The van der Waals surface area contributed by atoms with Crippen molar-refractivity contribution in [2.75, 3.05) is 13.3 Å². The molecule has 208 valence electrons. The number of carbonyl (C=O) groups is 1. The Hall–Kier alpha value is -1.97. The summed E-state index contributed by atoms with van der Waals surface area (Å²) in [5.74, 6) is -0.669. The Kier molecular flexibility index (Phi) is 10.7. The van der Waals surface area contributed by atoms with Crippen molar-refractivity contribution in [3.63, 3.8) is 0 Å². The number of carbonyl (C=O) groups excluding carboxylic acids is 1. The molecule has 0 unspecified atom stereocenters. The van der Waals surface area contributed by atoms with E-state index in [-0.39, 0.29) is 28.7 Å². The summed E-state index contributed by atoms with van der Waals surface area (Å²) in [4.78, 5) is 14.3. The van der Waals surface area contributed by atoms with Gasteiger partial charge < -0.3 is 15.4 Å². The fraction of sp³-hybridized carbons (Fsp3) is 0.600. The highest BCUT2D eigenvalue weighted by Crippen LogP contribution is 2.55. The van der Waals surface area contributed by atoms with Gasteiger partial charge in [0.15, 0.2) is 6.79 Å². The Morgan fingerprint density at radius 1 is 1.22 bits per heavy atom. The number of ether oxygens (including phenoxy) is 1. The predicted octanol–water partition coefficient (Wildman–Crippen LogP) is 6.10. The SMILES string of the molecule is CC(C)(C)OP(=O)(OCOc1ccc(CN(CC2CCC2)C(=O)/C(N)=C/C(=N)Cl)c(F)c1)OC(C)(C)C. The summed E-state index contributed by atoms with van der Waals surface area (Å²) >= 11 is 5.54. The van der Waals surface area contributed by atoms with E-state index in [4.69, 9.17) is 41.1 Å². The summed E-state index contributed by atoms with van der Waals surface area (Å²) in [5, 5.41) is 6.96. The number of amides is 1. The van der Waals surface area contributed by atoms with E-state index in [0.717, 1.165) is 31.4 Å². The Morgan fingerprint density at radius 3 is 2.27 bits per heavy atom. The van der Waals surface area contributed by atoms with E-state index in [1.165, 1.54) is 17.0 Å². The monoisotopic (exact) mass is 561 g/mol. The van der Waals surface area contributed by atoms with Crippen LogP contribution in [0.15, 0.2) is 30.0 Å². The molecular formula is C25H38ClFN3O6P. The van der Waals surface area contributed by atoms with Gasteiger partial charge in [-0.05, 0) is 66.4 Å². The lowest BCUT2D eigenvalue weighted by Gasteiger charge is -2.32. The van der Waals surface area contributed by atoms with Crippen molar-refractivity contribution in [2.24, 2.45) is 11.7 Å². The topological polar surface area (TPSA) is 124 Å². The highest BCUT2D eigenvalue weighted by Gasteiger charge is 2.37. The maximum absolute atomic E-state index is 15.0. The highest BCUT2D eigenvalue weighted by atomic mass is 35.5. The minimum Gasteiger partial charge on any atom is -0.467 e. The molecule has 0 atom stereocenters. The summed E-state index contributed by atoms with van der Waals surface area (Å²) in [5.41, 5.74) is 4.27. The average Bonchev–Trinajstić information content (AvgIpc) is 2.67. The number of hydrogen-bond donors (Lipinski definition) is 2. The summed E-state index contributed by atoms with van der Waals surface area (Å²) < 4.78 is 49.9. The number of hydrogen-bond acceptors (Lipinski definition) is 8. The van der Waals surface area contributed by atoms with Gasteiger partial charge >= 0.3 is 7.82 Å². The number of halogens is 2. The molecule has 0 aromatic heterocycles. The molecule has 1 aliphatic carbocycles. The largest absolute Gasteiger partial charge is 0.478 e. The fourth-order valence-electron chi connectivity index (χ4n) is 3.44. The second kappa shape index (κ2) is 12.7. The summed E-state index contributed by atoms with van der Waals surface area (Å²) in [7, 11) is -3.99. The molecule has 0 saturated heterocycles. The van der Waals surface area contributed by atoms with Gasteiger partial charge in [-0.25, -0.2) is 13.5 Å². The fourth-order valence-corrected chi connectivity index (χ4v) is 5.22. The van der Waals surface area contributed by atoms with E-state index >= 15 is 0 Å². The number of allylic oxidation sites excluding steroid dienone is 1. The number of nitrogens with two attached hydrogens (primary N) is 1.